The highest BCUT2D eigenvalue weighted by molar-refractivity contribution is 5.94. The molecule has 0 radical (unpaired) electrons. The first-order chi connectivity index (χ1) is 10.5. The smallest absolute Gasteiger partial charge is 0.244 e. The third kappa shape index (κ3) is 2.73. The highest BCUT2D eigenvalue weighted by atomic mass is 16.2. The summed E-state index contributed by atoms with van der Waals surface area (Å²) >= 11 is 0. The van der Waals surface area contributed by atoms with Crippen LogP contribution in [-0.2, 0) is 16.1 Å². The molecular weight excluding hydrogens is 278 g/mol. The van der Waals surface area contributed by atoms with Crippen LogP contribution >= 0.6 is 0 Å². The molecule has 0 unspecified atom stereocenters. The molecule has 2 atom stereocenters. The number of benzene rings is 1. The Labute approximate surface area is 131 Å². The summed E-state index contributed by atoms with van der Waals surface area (Å²) in [6.07, 6.45) is 1.46. The van der Waals surface area contributed by atoms with Crippen molar-refractivity contribution < 1.29 is 9.59 Å². The number of carbonyl (C=O) groups excluding carboxylic acids is 2. The van der Waals surface area contributed by atoms with Gasteiger partial charge in [0.1, 0.15) is 6.04 Å². The second-order valence-electron chi connectivity index (χ2n) is 6.69. The summed E-state index contributed by atoms with van der Waals surface area (Å²) in [7, 11) is 3.46. The molecule has 2 fully saturated rings. The molecule has 5 heteroatoms. The van der Waals surface area contributed by atoms with Gasteiger partial charge in [0, 0.05) is 27.2 Å². The fraction of sp³-hybridized carbons (Fsp3) is 0.529. The molecule has 5 nitrogen and oxygen atoms in total. The molecule has 0 aliphatic carbocycles. The lowest BCUT2D eigenvalue weighted by Crippen LogP contribution is -2.41. The van der Waals surface area contributed by atoms with Gasteiger partial charge in [0.15, 0.2) is 0 Å². The highest BCUT2D eigenvalue weighted by Gasteiger charge is 2.52. The minimum Gasteiger partial charge on any atom is -0.347 e. The van der Waals surface area contributed by atoms with Gasteiger partial charge in [-0.3, -0.25) is 14.5 Å². The molecule has 22 heavy (non-hydrogen) atoms. The predicted molar refractivity (Wildman–Crippen MR) is 84.0 cm³/mol. The number of likely N-dealkylation sites (tertiary alicyclic amines) is 1. The van der Waals surface area contributed by atoms with E-state index in [0.29, 0.717) is 6.42 Å². The normalized spacial score (nSPS) is 28.1. The van der Waals surface area contributed by atoms with Crippen LogP contribution in [-0.4, -0.2) is 54.8 Å². The van der Waals surface area contributed by atoms with E-state index in [0.717, 1.165) is 26.1 Å². The van der Waals surface area contributed by atoms with Crippen molar-refractivity contribution in [2.45, 2.75) is 25.4 Å². The van der Waals surface area contributed by atoms with E-state index >= 15 is 0 Å². The van der Waals surface area contributed by atoms with Crippen LogP contribution in [0, 0.1) is 5.41 Å². The number of nitrogens with one attached hydrogen (secondary N) is 1. The first-order valence-corrected chi connectivity index (χ1v) is 7.79. The first kappa shape index (κ1) is 15.0. The van der Waals surface area contributed by atoms with Gasteiger partial charge in [0.05, 0.1) is 5.41 Å². The van der Waals surface area contributed by atoms with Crippen LogP contribution in [0.15, 0.2) is 30.3 Å². The van der Waals surface area contributed by atoms with E-state index in [1.807, 2.05) is 18.2 Å². The Morgan fingerprint density at radius 1 is 1.36 bits per heavy atom. The van der Waals surface area contributed by atoms with Gasteiger partial charge in [-0.25, -0.2) is 0 Å². The minimum absolute atomic E-state index is 0.00765. The molecule has 118 valence electrons. The largest absolute Gasteiger partial charge is 0.347 e. The zero-order chi connectivity index (χ0) is 15.7. The Kier molecular flexibility index (Phi) is 3.91. The summed E-state index contributed by atoms with van der Waals surface area (Å²) < 4.78 is 0. The van der Waals surface area contributed by atoms with Crippen LogP contribution < -0.4 is 5.32 Å². The van der Waals surface area contributed by atoms with Crippen LogP contribution in [0.5, 0.6) is 0 Å². The summed E-state index contributed by atoms with van der Waals surface area (Å²) in [5.74, 6) is 0.0370. The Hall–Kier alpha value is -1.88. The molecule has 1 aromatic carbocycles. The van der Waals surface area contributed by atoms with Crippen molar-refractivity contribution in [3.63, 3.8) is 0 Å². The summed E-state index contributed by atoms with van der Waals surface area (Å²) in [6, 6.07) is 9.94. The summed E-state index contributed by atoms with van der Waals surface area (Å²) in [6.45, 7) is 2.51. The quantitative estimate of drug-likeness (QED) is 0.901. The number of rotatable bonds is 3. The maximum absolute atomic E-state index is 12.4. The average molecular weight is 301 g/mol. The van der Waals surface area contributed by atoms with Crippen molar-refractivity contribution in [3.05, 3.63) is 35.9 Å². The molecule has 1 N–H and O–H groups in total. The monoisotopic (exact) mass is 301 g/mol. The third-order valence-electron chi connectivity index (χ3n) is 4.80. The number of nitrogens with zero attached hydrogens (tertiary/aromatic N) is 2. The van der Waals surface area contributed by atoms with Crippen molar-refractivity contribution in [2.75, 3.05) is 27.2 Å². The molecule has 0 aromatic heterocycles. The van der Waals surface area contributed by atoms with Crippen molar-refractivity contribution in [2.24, 2.45) is 5.41 Å². The first-order valence-electron chi connectivity index (χ1n) is 7.79. The molecule has 1 aromatic rings. The Balaban J connectivity index is 1.66. The van der Waals surface area contributed by atoms with Gasteiger partial charge in [-0.15, -0.1) is 0 Å². The number of amides is 2. The molecule has 2 saturated heterocycles. The molecule has 2 amide bonds. The van der Waals surface area contributed by atoms with Crippen LogP contribution in [0.3, 0.4) is 0 Å². The maximum Gasteiger partial charge on any atom is 0.244 e. The van der Waals surface area contributed by atoms with Gasteiger partial charge in [-0.05, 0) is 24.9 Å². The van der Waals surface area contributed by atoms with Crippen LogP contribution in [0.1, 0.15) is 18.4 Å². The SMILES string of the molecule is CN(C)C(=O)[C@@H]1C[C@@]2(CCN(Cc3ccccc3)C2)C(=O)N1. The lowest BCUT2D eigenvalue weighted by molar-refractivity contribution is -0.132. The zero-order valence-corrected chi connectivity index (χ0v) is 13.2. The average Bonchev–Trinajstić information content (AvgIpc) is 3.04. The van der Waals surface area contributed by atoms with Gasteiger partial charge in [0.25, 0.3) is 0 Å². The van der Waals surface area contributed by atoms with E-state index in [-0.39, 0.29) is 23.3 Å². The number of carbonyl (C=O) groups is 2. The van der Waals surface area contributed by atoms with E-state index in [9.17, 15) is 9.59 Å². The van der Waals surface area contributed by atoms with Crippen molar-refractivity contribution in [1.82, 2.24) is 15.1 Å². The molecule has 0 bridgehead atoms. The predicted octanol–water partition coefficient (Wildman–Crippen LogP) is 0.855. The van der Waals surface area contributed by atoms with Gasteiger partial charge in [-0.1, -0.05) is 30.3 Å². The molecule has 2 aliphatic heterocycles. The molecule has 0 saturated carbocycles. The Morgan fingerprint density at radius 3 is 2.77 bits per heavy atom. The second kappa shape index (κ2) is 5.72. The van der Waals surface area contributed by atoms with Crippen molar-refractivity contribution in [3.8, 4) is 0 Å². The minimum atomic E-state index is -0.384. The lowest BCUT2D eigenvalue weighted by atomic mass is 9.84. The molecular formula is C17H23N3O2. The summed E-state index contributed by atoms with van der Waals surface area (Å²) in [5, 5.41) is 2.90. The van der Waals surface area contributed by atoms with E-state index in [1.54, 1.807) is 19.0 Å². The van der Waals surface area contributed by atoms with E-state index in [4.69, 9.17) is 0 Å². The van der Waals surface area contributed by atoms with E-state index in [2.05, 4.69) is 22.3 Å². The summed E-state index contributed by atoms with van der Waals surface area (Å²) in [4.78, 5) is 28.4. The highest BCUT2D eigenvalue weighted by Crippen LogP contribution is 2.40. The van der Waals surface area contributed by atoms with E-state index < -0.39 is 0 Å². The van der Waals surface area contributed by atoms with E-state index in [1.165, 1.54) is 5.56 Å². The van der Waals surface area contributed by atoms with Crippen LogP contribution in [0.25, 0.3) is 0 Å². The number of hydrogen-bond acceptors (Lipinski definition) is 3. The van der Waals surface area contributed by atoms with Gasteiger partial charge in [0.2, 0.25) is 11.8 Å². The Morgan fingerprint density at radius 2 is 2.09 bits per heavy atom. The fourth-order valence-electron chi connectivity index (χ4n) is 3.59. The maximum atomic E-state index is 12.4. The molecule has 2 heterocycles. The fourth-order valence-corrected chi connectivity index (χ4v) is 3.59. The molecule has 2 aliphatic rings. The van der Waals surface area contributed by atoms with Crippen LogP contribution in [0.2, 0.25) is 0 Å². The van der Waals surface area contributed by atoms with Gasteiger partial charge < -0.3 is 10.2 Å². The van der Waals surface area contributed by atoms with Crippen molar-refractivity contribution >= 4 is 11.8 Å². The van der Waals surface area contributed by atoms with Crippen molar-refractivity contribution in [1.29, 1.82) is 0 Å². The van der Waals surface area contributed by atoms with Crippen LogP contribution in [0.4, 0.5) is 0 Å². The second-order valence-corrected chi connectivity index (χ2v) is 6.69. The Bertz CT molecular complexity index is 573. The zero-order valence-electron chi connectivity index (χ0n) is 13.2. The lowest BCUT2D eigenvalue weighted by Gasteiger charge is -2.21. The van der Waals surface area contributed by atoms with Gasteiger partial charge in [-0.2, -0.15) is 0 Å². The molecule has 1 spiro atoms. The number of hydrogen-bond donors (Lipinski definition) is 1. The standard InChI is InChI=1S/C17H23N3O2/c1-19(2)15(21)14-10-17(16(22)18-14)8-9-20(12-17)11-13-6-4-3-5-7-13/h3-7,14H,8-12H2,1-2H3,(H,18,22)/t14-,17+/m0/s1. The topological polar surface area (TPSA) is 52.7 Å². The third-order valence-corrected chi connectivity index (χ3v) is 4.80. The summed E-state index contributed by atoms with van der Waals surface area (Å²) in [5.41, 5.74) is 0.879. The number of likely N-dealkylation sites (N-methyl/N-ethyl adjacent to an activating group) is 1. The van der Waals surface area contributed by atoms with Gasteiger partial charge >= 0.3 is 0 Å². The molecule has 3 rings (SSSR count).